The highest BCUT2D eigenvalue weighted by Gasteiger charge is 2.20. The zero-order valence-corrected chi connectivity index (χ0v) is 13.3. The van der Waals surface area contributed by atoms with E-state index in [4.69, 9.17) is 11.6 Å². The molecule has 1 aromatic carbocycles. The fourth-order valence-electron chi connectivity index (χ4n) is 1.42. The van der Waals surface area contributed by atoms with Crippen LogP contribution in [0.15, 0.2) is 22.7 Å². The maximum atomic E-state index is 11.9. The van der Waals surface area contributed by atoms with Gasteiger partial charge in [-0.3, -0.25) is 4.79 Å². The lowest BCUT2D eigenvalue weighted by Crippen LogP contribution is -2.42. The molecule has 1 rings (SSSR count). The van der Waals surface area contributed by atoms with Gasteiger partial charge in [-0.2, -0.15) is 11.8 Å². The molecule has 0 bridgehead atoms. The van der Waals surface area contributed by atoms with E-state index in [1.54, 1.807) is 25.1 Å². The maximum absolute atomic E-state index is 11.9. The van der Waals surface area contributed by atoms with Crippen LogP contribution in [-0.4, -0.2) is 35.2 Å². The molecular weight excluding hydrogens is 338 g/mol. The van der Waals surface area contributed by atoms with Crippen LogP contribution >= 0.6 is 39.3 Å². The molecule has 1 amide bonds. The minimum absolute atomic E-state index is 0.205. The Bertz CT molecular complexity index is 420. The number of thioether (sulfide) groups is 1. The third kappa shape index (κ3) is 5.18. The average Bonchev–Trinajstić information content (AvgIpc) is 2.24. The van der Waals surface area contributed by atoms with Crippen molar-refractivity contribution in [3.8, 4) is 0 Å². The number of carbonyl (C=O) groups is 1. The van der Waals surface area contributed by atoms with Gasteiger partial charge in [0, 0.05) is 27.4 Å². The molecule has 6 heteroatoms. The van der Waals surface area contributed by atoms with Gasteiger partial charge in [-0.1, -0.05) is 27.5 Å². The van der Waals surface area contributed by atoms with Crippen LogP contribution in [0.5, 0.6) is 0 Å². The summed E-state index contributed by atoms with van der Waals surface area (Å²) in [5, 5.41) is 13.1. The average molecular weight is 353 g/mol. The maximum Gasteiger partial charge on any atom is 0.251 e. The molecule has 0 aliphatic heterocycles. The van der Waals surface area contributed by atoms with Crippen LogP contribution in [0.2, 0.25) is 5.02 Å². The van der Waals surface area contributed by atoms with Crippen molar-refractivity contribution in [1.29, 1.82) is 0 Å². The number of hydrogen-bond acceptors (Lipinski definition) is 3. The SMILES string of the molecule is CSCC(C)(O)CNC(=O)c1cc(Cl)cc(Br)c1. The van der Waals surface area contributed by atoms with Crippen molar-refractivity contribution in [2.24, 2.45) is 0 Å². The molecule has 0 heterocycles. The highest BCUT2D eigenvalue weighted by Crippen LogP contribution is 2.19. The van der Waals surface area contributed by atoms with Gasteiger partial charge in [0.25, 0.3) is 5.91 Å². The Labute approximate surface area is 124 Å². The Hall–Kier alpha value is -0.230. The van der Waals surface area contributed by atoms with Crippen molar-refractivity contribution in [3.05, 3.63) is 33.3 Å². The van der Waals surface area contributed by atoms with Crippen molar-refractivity contribution in [3.63, 3.8) is 0 Å². The second-order valence-electron chi connectivity index (χ2n) is 4.27. The summed E-state index contributed by atoms with van der Waals surface area (Å²) >= 11 is 10.7. The van der Waals surface area contributed by atoms with E-state index in [2.05, 4.69) is 21.2 Å². The Morgan fingerprint density at radius 1 is 1.56 bits per heavy atom. The van der Waals surface area contributed by atoms with E-state index in [0.29, 0.717) is 16.3 Å². The quantitative estimate of drug-likeness (QED) is 0.856. The summed E-state index contributed by atoms with van der Waals surface area (Å²) in [6.07, 6.45) is 1.91. The van der Waals surface area contributed by atoms with E-state index in [1.165, 1.54) is 11.8 Å². The zero-order chi connectivity index (χ0) is 13.8. The van der Waals surface area contributed by atoms with E-state index < -0.39 is 5.60 Å². The van der Waals surface area contributed by atoms with Crippen molar-refractivity contribution in [2.45, 2.75) is 12.5 Å². The minimum atomic E-state index is -0.912. The lowest BCUT2D eigenvalue weighted by atomic mass is 10.1. The number of amides is 1. The van der Waals surface area contributed by atoms with Crippen molar-refractivity contribution < 1.29 is 9.90 Å². The number of benzene rings is 1. The van der Waals surface area contributed by atoms with Gasteiger partial charge < -0.3 is 10.4 Å². The fraction of sp³-hybridized carbons (Fsp3) is 0.417. The van der Waals surface area contributed by atoms with E-state index >= 15 is 0 Å². The first kappa shape index (κ1) is 15.8. The molecule has 0 saturated carbocycles. The van der Waals surface area contributed by atoms with Crippen molar-refractivity contribution >= 4 is 45.2 Å². The third-order valence-corrected chi connectivity index (χ3v) is 3.80. The standard InChI is InChI=1S/C12H15BrClNO2S/c1-12(17,7-18-2)6-15-11(16)8-3-9(13)5-10(14)4-8/h3-5,17H,6-7H2,1-2H3,(H,15,16). The minimum Gasteiger partial charge on any atom is -0.387 e. The molecule has 3 nitrogen and oxygen atoms in total. The lowest BCUT2D eigenvalue weighted by molar-refractivity contribution is 0.0725. The van der Waals surface area contributed by atoms with Gasteiger partial charge in [-0.15, -0.1) is 0 Å². The lowest BCUT2D eigenvalue weighted by Gasteiger charge is -2.22. The molecule has 0 aliphatic rings. The van der Waals surface area contributed by atoms with Gasteiger partial charge in [0.15, 0.2) is 0 Å². The first-order chi connectivity index (χ1) is 8.34. The molecule has 100 valence electrons. The van der Waals surface area contributed by atoms with Crippen LogP contribution < -0.4 is 5.32 Å². The third-order valence-electron chi connectivity index (χ3n) is 2.21. The summed E-state index contributed by atoms with van der Waals surface area (Å²) in [6.45, 7) is 1.90. The highest BCUT2D eigenvalue weighted by atomic mass is 79.9. The first-order valence-electron chi connectivity index (χ1n) is 5.30. The van der Waals surface area contributed by atoms with E-state index in [1.807, 2.05) is 6.26 Å². The molecule has 0 aromatic heterocycles. The molecule has 0 radical (unpaired) electrons. The van der Waals surface area contributed by atoms with Gasteiger partial charge in [-0.25, -0.2) is 0 Å². The van der Waals surface area contributed by atoms with Crippen LogP contribution in [0.3, 0.4) is 0 Å². The number of halogens is 2. The molecule has 1 aromatic rings. The molecule has 0 aliphatic carbocycles. The van der Waals surface area contributed by atoms with Gasteiger partial charge in [0.2, 0.25) is 0 Å². The highest BCUT2D eigenvalue weighted by molar-refractivity contribution is 9.10. The largest absolute Gasteiger partial charge is 0.387 e. The predicted octanol–water partition coefficient (Wildman–Crippen LogP) is 2.95. The Balaban J connectivity index is 2.66. The molecule has 18 heavy (non-hydrogen) atoms. The van der Waals surface area contributed by atoms with E-state index in [9.17, 15) is 9.90 Å². The second kappa shape index (κ2) is 6.80. The van der Waals surface area contributed by atoms with Crippen LogP contribution in [0.4, 0.5) is 0 Å². The van der Waals surface area contributed by atoms with Crippen LogP contribution in [-0.2, 0) is 0 Å². The van der Waals surface area contributed by atoms with Gasteiger partial charge in [0.05, 0.1) is 5.60 Å². The molecule has 0 fully saturated rings. The fourth-order valence-corrected chi connectivity index (χ4v) is 3.00. The van der Waals surface area contributed by atoms with Crippen molar-refractivity contribution in [1.82, 2.24) is 5.32 Å². The monoisotopic (exact) mass is 351 g/mol. The normalized spacial score (nSPS) is 14.1. The second-order valence-corrected chi connectivity index (χ2v) is 6.49. The number of hydrogen-bond donors (Lipinski definition) is 2. The molecule has 2 N–H and O–H groups in total. The number of aliphatic hydroxyl groups is 1. The number of nitrogens with one attached hydrogen (secondary N) is 1. The van der Waals surface area contributed by atoms with Crippen molar-refractivity contribution in [2.75, 3.05) is 18.6 Å². The van der Waals surface area contributed by atoms with E-state index in [-0.39, 0.29) is 12.5 Å². The molecule has 0 spiro atoms. The summed E-state index contributed by atoms with van der Waals surface area (Å²) in [7, 11) is 0. The molecule has 1 atom stereocenters. The predicted molar refractivity (Wildman–Crippen MR) is 80.5 cm³/mol. The Kier molecular flexibility index (Phi) is 5.98. The Morgan fingerprint density at radius 3 is 2.78 bits per heavy atom. The van der Waals surface area contributed by atoms with Crippen LogP contribution in [0, 0.1) is 0 Å². The summed E-state index contributed by atoms with van der Waals surface area (Å²) < 4.78 is 0.746. The smallest absolute Gasteiger partial charge is 0.251 e. The van der Waals surface area contributed by atoms with Crippen LogP contribution in [0.1, 0.15) is 17.3 Å². The zero-order valence-electron chi connectivity index (χ0n) is 10.2. The van der Waals surface area contributed by atoms with Crippen LogP contribution in [0.25, 0.3) is 0 Å². The summed E-state index contributed by atoms with van der Waals surface area (Å²) in [5.74, 6) is 0.312. The summed E-state index contributed by atoms with van der Waals surface area (Å²) in [4.78, 5) is 11.9. The summed E-state index contributed by atoms with van der Waals surface area (Å²) in [5.41, 5.74) is -0.445. The molecule has 0 saturated heterocycles. The molecule has 1 unspecified atom stereocenters. The van der Waals surface area contributed by atoms with E-state index in [0.717, 1.165) is 4.47 Å². The topological polar surface area (TPSA) is 49.3 Å². The van der Waals surface area contributed by atoms with Gasteiger partial charge in [0.1, 0.15) is 0 Å². The van der Waals surface area contributed by atoms with Gasteiger partial charge in [-0.05, 0) is 31.4 Å². The van der Waals surface area contributed by atoms with Gasteiger partial charge >= 0.3 is 0 Å². The Morgan fingerprint density at radius 2 is 2.22 bits per heavy atom. The summed E-state index contributed by atoms with van der Waals surface area (Å²) in [6, 6.07) is 4.98. The molecular formula is C12H15BrClNO2S. The number of carbonyl (C=O) groups excluding carboxylic acids is 1. The number of rotatable bonds is 5. The first-order valence-corrected chi connectivity index (χ1v) is 7.86.